The lowest BCUT2D eigenvalue weighted by Gasteiger charge is -1.98. The number of rotatable bonds is 1. The van der Waals surface area contributed by atoms with Crippen molar-refractivity contribution in [3.8, 4) is 0 Å². The second kappa shape index (κ2) is 2.81. The molecule has 0 spiro atoms. The van der Waals surface area contributed by atoms with E-state index >= 15 is 0 Å². The summed E-state index contributed by atoms with van der Waals surface area (Å²) >= 11 is 3.11. The Labute approximate surface area is 81.1 Å². The molecular formula is C7H4BrN3O2. The van der Waals surface area contributed by atoms with Gasteiger partial charge in [0, 0.05) is 12.4 Å². The van der Waals surface area contributed by atoms with E-state index in [0.717, 1.165) is 0 Å². The Morgan fingerprint density at radius 2 is 2.38 bits per heavy atom. The van der Waals surface area contributed by atoms with E-state index in [1.807, 2.05) is 0 Å². The van der Waals surface area contributed by atoms with Gasteiger partial charge in [-0.3, -0.25) is 0 Å². The normalized spacial score (nSPS) is 10.5. The average Bonchev–Trinajstić information content (AvgIpc) is 2.49. The van der Waals surface area contributed by atoms with Crippen molar-refractivity contribution in [3.05, 3.63) is 28.6 Å². The van der Waals surface area contributed by atoms with Gasteiger partial charge >= 0.3 is 5.97 Å². The van der Waals surface area contributed by atoms with Crippen LogP contribution < -0.4 is 0 Å². The van der Waals surface area contributed by atoms with E-state index in [0.29, 0.717) is 10.3 Å². The Morgan fingerprint density at radius 1 is 1.62 bits per heavy atom. The molecule has 0 aromatic carbocycles. The van der Waals surface area contributed by atoms with Crippen LogP contribution in [0, 0.1) is 0 Å². The molecule has 2 heterocycles. The largest absolute Gasteiger partial charge is 0.478 e. The molecule has 1 N–H and O–H groups in total. The maximum atomic E-state index is 10.8. The lowest BCUT2D eigenvalue weighted by molar-refractivity contribution is 0.0698. The van der Waals surface area contributed by atoms with Gasteiger partial charge in [0.15, 0.2) is 5.65 Å². The molecule has 0 amide bonds. The summed E-state index contributed by atoms with van der Waals surface area (Å²) in [5.74, 6) is -1.01. The molecule has 2 aromatic heterocycles. The number of fused-ring (bicyclic) bond motifs is 1. The Kier molecular flexibility index (Phi) is 1.77. The van der Waals surface area contributed by atoms with E-state index in [1.54, 1.807) is 6.20 Å². The molecule has 0 atom stereocenters. The van der Waals surface area contributed by atoms with Gasteiger partial charge in [-0.1, -0.05) is 0 Å². The van der Waals surface area contributed by atoms with E-state index in [4.69, 9.17) is 5.11 Å². The van der Waals surface area contributed by atoms with Gasteiger partial charge in [0.1, 0.15) is 10.2 Å². The van der Waals surface area contributed by atoms with E-state index in [-0.39, 0.29) is 5.56 Å². The number of imidazole rings is 1. The predicted molar refractivity (Wildman–Crippen MR) is 47.6 cm³/mol. The fourth-order valence-corrected chi connectivity index (χ4v) is 1.44. The quantitative estimate of drug-likeness (QED) is 0.815. The van der Waals surface area contributed by atoms with Gasteiger partial charge in [-0.25, -0.2) is 14.3 Å². The summed E-state index contributed by atoms with van der Waals surface area (Å²) in [6.45, 7) is 0. The monoisotopic (exact) mass is 241 g/mol. The topological polar surface area (TPSA) is 67.5 Å². The second-order valence-electron chi connectivity index (χ2n) is 2.38. The highest BCUT2D eigenvalue weighted by Crippen LogP contribution is 2.13. The number of carbonyl (C=O) groups is 1. The van der Waals surface area contributed by atoms with Crippen molar-refractivity contribution < 1.29 is 9.90 Å². The van der Waals surface area contributed by atoms with Gasteiger partial charge in [0.2, 0.25) is 0 Å². The SMILES string of the molecule is O=C(O)c1cc(Br)nn2ccnc12. The van der Waals surface area contributed by atoms with Crippen LogP contribution in [0.3, 0.4) is 0 Å². The smallest absolute Gasteiger partial charge is 0.339 e. The van der Waals surface area contributed by atoms with Gasteiger partial charge in [0.25, 0.3) is 0 Å². The summed E-state index contributed by atoms with van der Waals surface area (Å²) in [6, 6.07) is 1.42. The molecular weight excluding hydrogens is 238 g/mol. The number of aromatic nitrogens is 3. The third kappa shape index (κ3) is 1.29. The first-order chi connectivity index (χ1) is 6.18. The van der Waals surface area contributed by atoms with Crippen molar-refractivity contribution in [2.75, 3.05) is 0 Å². The molecule has 0 radical (unpaired) electrons. The van der Waals surface area contributed by atoms with Crippen LogP contribution in [0.2, 0.25) is 0 Å². The van der Waals surface area contributed by atoms with Crippen molar-refractivity contribution in [1.29, 1.82) is 0 Å². The zero-order valence-corrected chi connectivity index (χ0v) is 7.89. The molecule has 0 aliphatic carbocycles. The zero-order chi connectivity index (χ0) is 9.42. The van der Waals surface area contributed by atoms with Crippen molar-refractivity contribution >= 4 is 27.5 Å². The maximum absolute atomic E-state index is 10.8. The Morgan fingerprint density at radius 3 is 3.08 bits per heavy atom. The molecule has 5 nitrogen and oxygen atoms in total. The van der Waals surface area contributed by atoms with Crippen LogP contribution in [0.15, 0.2) is 23.1 Å². The molecule has 0 saturated carbocycles. The van der Waals surface area contributed by atoms with Crippen LogP contribution in [0.1, 0.15) is 10.4 Å². The molecule has 0 fully saturated rings. The van der Waals surface area contributed by atoms with E-state index in [1.165, 1.54) is 16.8 Å². The summed E-state index contributed by atoms with van der Waals surface area (Å²) < 4.78 is 1.88. The van der Waals surface area contributed by atoms with Gasteiger partial charge in [-0.05, 0) is 22.0 Å². The van der Waals surface area contributed by atoms with Crippen LogP contribution >= 0.6 is 15.9 Å². The average molecular weight is 242 g/mol. The maximum Gasteiger partial charge on any atom is 0.339 e. The Bertz CT molecular complexity index is 480. The molecule has 2 rings (SSSR count). The number of hydrogen-bond acceptors (Lipinski definition) is 3. The number of nitrogens with zero attached hydrogens (tertiary/aromatic N) is 3. The molecule has 66 valence electrons. The Hall–Kier alpha value is -1.43. The molecule has 0 unspecified atom stereocenters. The second-order valence-corrected chi connectivity index (χ2v) is 3.19. The van der Waals surface area contributed by atoms with Crippen molar-refractivity contribution in [2.45, 2.75) is 0 Å². The molecule has 0 aliphatic rings. The Balaban J connectivity index is 2.84. The number of carboxylic acids is 1. The van der Waals surface area contributed by atoms with Crippen molar-refractivity contribution in [3.63, 3.8) is 0 Å². The van der Waals surface area contributed by atoms with Crippen molar-refractivity contribution in [2.24, 2.45) is 0 Å². The number of halogens is 1. The highest BCUT2D eigenvalue weighted by atomic mass is 79.9. The molecule has 6 heteroatoms. The highest BCUT2D eigenvalue weighted by molar-refractivity contribution is 9.10. The van der Waals surface area contributed by atoms with Gasteiger partial charge in [-0.15, -0.1) is 0 Å². The third-order valence-corrected chi connectivity index (χ3v) is 1.95. The molecule has 13 heavy (non-hydrogen) atoms. The van der Waals surface area contributed by atoms with Crippen LogP contribution in [0.5, 0.6) is 0 Å². The zero-order valence-electron chi connectivity index (χ0n) is 6.31. The van der Waals surface area contributed by atoms with Crippen LogP contribution in [0.4, 0.5) is 0 Å². The van der Waals surface area contributed by atoms with Crippen LogP contribution in [0.25, 0.3) is 5.65 Å². The minimum absolute atomic E-state index is 0.131. The van der Waals surface area contributed by atoms with E-state index < -0.39 is 5.97 Å². The summed E-state index contributed by atoms with van der Waals surface area (Å²) in [6.07, 6.45) is 3.09. The first-order valence-corrected chi connectivity index (χ1v) is 4.21. The third-order valence-electron chi connectivity index (χ3n) is 1.56. The fraction of sp³-hybridized carbons (Fsp3) is 0. The summed E-state index contributed by atoms with van der Waals surface area (Å²) in [7, 11) is 0. The standard InChI is InChI=1S/C7H4BrN3O2/c8-5-3-4(7(12)13)6-9-1-2-11(6)10-5/h1-3H,(H,12,13). The highest BCUT2D eigenvalue weighted by Gasteiger charge is 2.11. The molecule has 0 bridgehead atoms. The first kappa shape index (κ1) is 8.18. The lowest BCUT2D eigenvalue weighted by Crippen LogP contribution is -2.03. The summed E-state index contributed by atoms with van der Waals surface area (Å²) in [4.78, 5) is 14.6. The minimum Gasteiger partial charge on any atom is -0.478 e. The van der Waals surface area contributed by atoms with Crippen molar-refractivity contribution in [1.82, 2.24) is 14.6 Å². The molecule has 0 aliphatic heterocycles. The summed E-state index contributed by atoms with van der Waals surface area (Å²) in [5.41, 5.74) is 0.475. The van der Waals surface area contributed by atoms with Gasteiger partial charge in [0.05, 0.1) is 0 Å². The summed E-state index contributed by atoms with van der Waals surface area (Å²) in [5, 5.41) is 12.8. The van der Waals surface area contributed by atoms with Gasteiger partial charge in [-0.2, -0.15) is 5.10 Å². The number of aromatic carboxylic acids is 1. The van der Waals surface area contributed by atoms with Crippen LogP contribution in [-0.2, 0) is 0 Å². The first-order valence-electron chi connectivity index (χ1n) is 3.41. The number of carboxylic acid groups (broad SMARTS) is 1. The van der Waals surface area contributed by atoms with Gasteiger partial charge < -0.3 is 5.11 Å². The lowest BCUT2D eigenvalue weighted by atomic mass is 10.3. The van der Waals surface area contributed by atoms with E-state index in [9.17, 15) is 4.79 Å². The molecule has 2 aromatic rings. The molecule has 0 saturated heterocycles. The van der Waals surface area contributed by atoms with Crippen LogP contribution in [-0.4, -0.2) is 25.7 Å². The minimum atomic E-state index is -1.01. The predicted octanol–water partition coefficient (Wildman–Crippen LogP) is 1.19. The fourth-order valence-electron chi connectivity index (χ4n) is 1.04. The number of hydrogen-bond donors (Lipinski definition) is 1. The van der Waals surface area contributed by atoms with E-state index in [2.05, 4.69) is 26.0 Å².